The maximum absolute atomic E-state index is 12.8. The van der Waals surface area contributed by atoms with E-state index in [2.05, 4.69) is 36.6 Å². The molecule has 16 heteroatoms. The summed E-state index contributed by atoms with van der Waals surface area (Å²) in [6.07, 6.45) is 25.4. The lowest BCUT2D eigenvalue weighted by Gasteiger charge is -2.30. The van der Waals surface area contributed by atoms with Gasteiger partial charge in [0.1, 0.15) is 39.5 Å². The average Bonchev–Trinajstić information content (AvgIpc) is 3.24. The number of hydrogen-bond acceptors (Lipinski definition) is 12. The standard InChI is InChI=1S/C52H94N4O12/c1-9-11-25-33-47(66-51(63)41-55(5,6)39-40-65-43(3)57)45(59)31-27-21-17-13-15-19-23-29-35-49(61)53-37-38-54-50(62)36-30-24-20-16-14-18-22-28-32-46(60)48(34-26-12-10-2)67-52(64)42-56(7,8)68-44(4)58/h21-22,27-28,45-48,59-60H,9-20,23-26,29-42H2,1-8H3/p+2/b27-21-,28-22-. The van der Waals surface area contributed by atoms with Crippen molar-refractivity contribution in [3.63, 3.8) is 0 Å². The summed E-state index contributed by atoms with van der Waals surface area (Å²) in [6.45, 7) is 8.34. The van der Waals surface area contributed by atoms with E-state index in [1.54, 1.807) is 14.1 Å². The zero-order valence-corrected chi connectivity index (χ0v) is 43.7. The van der Waals surface area contributed by atoms with Crippen LogP contribution in [0.15, 0.2) is 24.3 Å². The second-order valence-electron chi connectivity index (χ2n) is 19.4. The van der Waals surface area contributed by atoms with E-state index in [9.17, 15) is 39.0 Å². The maximum Gasteiger partial charge on any atom is 0.366 e. The highest BCUT2D eigenvalue weighted by atomic mass is 16.7. The topological polar surface area (TPSA) is 204 Å². The highest BCUT2D eigenvalue weighted by molar-refractivity contribution is 5.77. The number of quaternary nitrogens is 2. The van der Waals surface area contributed by atoms with Gasteiger partial charge in [-0.1, -0.05) is 102 Å². The summed E-state index contributed by atoms with van der Waals surface area (Å²) in [4.78, 5) is 77.4. The minimum absolute atomic E-state index is 0.00205. The number of rotatable bonds is 43. The lowest BCUT2D eigenvalue weighted by atomic mass is 10.0. The first-order valence-corrected chi connectivity index (χ1v) is 25.9. The van der Waals surface area contributed by atoms with E-state index in [-0.39, 0.29) is 48.1 Å². The molecule has 0 aromatic rings. The summed E-state index contributed by atoms with van der Waals surface area (Å²) in [5.41, 5.74) is 0. The van der Waals surface area contributed by atoms with Gasteiger partial charge in [-0.2, -0.15) is 0 Å². The SMILES string of the molecule is CCCCCC(OC(=O)C[N+](C)(C)CCOC(C)=O)C(O)C/C=C\CCCCCCCC(=O)NCCNC(=O)CCCCCCC/C=C\CC(O)C(CCCCC)OC(=O)C[N+](C)(C)OC(C)=O. The van der Waals surface area contributed by atoms with E-state index in [1.165, 1.54) is 13.8 Å². The molecule has 0 fully saturated rings. The van der Waals surface area contributed by atoms with Crippen LogP contribution in [0.25, 0.3) is 0 Å². The Balaban J connectivity index is 4.10. The summed E-state index contributed by atoms with van der Waals surface area (Å²) in [5.74, 6) is -1.74. The van der Waals surface area contributed by atoms with Gasteiger partial charge in [-0.05, 0) is 77.0 Å². The number of hydrogen-bond donors (Lipinski definition) is 4. The van der Waals surface area contributed by atoms with Crippen molar-refractivity contribution in [1.29, 1.82) is 0 Å². The van der Waals surface area contributed by atoms with Crippen LogP contribution in [0, 0.1) is 0 Å². The molecule has 0 aromatic heterocycles. The summed E-state index contributed by atoms with van der Waals surface area (Å²) < 4.78 is 16.5. The Labute approximate surface area is 410 Å². The van der Waals surface area contributed by atoms with Crippen LogP contribution in [0.2, 0.25) is 0 Å². The predicted molar refractivity (Wildman–Crippen MR) is 265 cm³/mol. The van der Waals surface area contributed by atoms with Gasteiger partial charge in [-0.3, -0.25) is 19.2 Å². The van der Waals surface area contributed by atoms with Crippen LogP contribution < -0.4 is 10.6 Å². The van der Waals surface area contributed by atoms with Crippen molar-refractivity contribution in [2.75, 3.05) is 67.5 Å². The molecule has 0 rings (SSSR count). The normalized spacial score (nSPS) is 13.7. The Morgan fingerprint density at radius 2 is 0.971 bits per heavy atom. The quantitative estimate of drug-likeness (QED) is 0.0117. The number of likely N-dealkylation sites (N-methyl/N-ethyl adjacent to an activating group) is 2. The average molecular weight is 969 g/mol. The molecule has 0 aliphatic carbocycles. The monoisotopic (exact) mass is 969 g/mol. The third kappa shape index (κ3) is 39.0. The number of nitrogens with zero attached hydrogens (tertiary/aromatic N) is 2. The number of amides is 2. The minimum atomic E-state index is -0.817. The minimum Gasteiger partial charge on any atom is -0.460 e. The molecule has 2 amide bonds. The van der Waals surface area contributed by atoms with E-state index in [0.29, 0.717) is 62.6 Å². The highest BCUT2D eigenvalue weighted by Gasteiger charge is 2.30. The largest absolute Gasteiger partial charge is 0.460 e. The van der Waals surface area contributed by atoms with Gasteiger partial charge in [-0.15, -0.1) is 4.65 Å². The molecule has 0 spiro atoms. The Morgan fingerprint density at radius 1 is 0.544 bits per heavy atom. The van der Waals surface area contributed by atoms with Crippen LogP contribution in [0.1, 0.15) is 182 Å². The second-order valence-corrected chi connectivity index (χ2v) is 19.4. The molecule has 0 saturated carbocycles. The van der Waals surface area contributed by atoms with Gasteiger partial charge in [0.25, 0.3) is 0 Å². The van der Waals surface area contributed by atoms with Crippen LogP contribution in [-0.2, 0) is 47.8 Å². The molecule has 0 saturated heterocycles. The van der Waals surface area contributed by atoms with E-state index < -0.39 is 36.4 Å². The van der Waals surface area contributed by atoms with E-state index in [1.807, 2.05) is 26.2 Å². The first kappa shape index (κ1) is 64.1. The van der Waals surface area contributed by atoms with Crippen molar-refractivity contribution in [3.8, 4) is 0 Å². The fourth-order valence-corrected chi connectivity index (χ4v) is 7.57. The maximum atomic E-state index is 12.8. The number of carbonyl (C=O) groups excluding carboxylic acids is 6. The number of carbonyl (C=O) groups is 6. The molecule has 4 unspecified atom stereocenters. The Bertz CT molecular complexity index is 1450. The number of esters is 3. The fraction of sp³-hybridized carbons (Fsp3) is 0.808. The molecular formula is C52H96N4O12+2. The van der Waals surface area contributed by atoms with Crippen molar-refractivity contribution in [1.82, 2.24) is 10.6 Å². The molecule has 16 nitrogen and oxygen atoms in total. The lowest BCUT2D eigenvalue weighted by Crippen LogP contribution is -2.47. The van der Waals surface area contributed by atoms with Gasteiger partial charge in [0.05, 0.1) is 26.3 Å². The Kier molecular flexibility index (Phi) is 37.7. The van der Waals surface area contributed by atoms with E-state index >= 15 is 0 Å². The number of aliphatic hydroxyl groups is 2. The zero-order chi connectivity index (χ0) is 51.1. The molecule has 0 aromatic carbocycles. The van der Waals surface area contributed by atoms with Gasteiger partial charge < -0.3 is 39.5 Å². The molecule has 4 atom stereocenters. The Morgan fingerprint density at radius 3 is 1.40 bits per heavy atom. The number of ether oxygens (including phenoxy) is 3. The molecule has 394 valence electrons. The van der Waals surface area contributed by atoms with Crippen LogP contribution >= 0.6 is 0 Å². The van der Waals surface area contributed by atoms with Gasteiger partial charge in [0.15, 0.2) is 6.54 Å². The molecule has 0 bridgehead atoms. The number of nitrogens with one attached hydrogen (secondary N) is 2. The molecule has 0 aliphatic rings. The predicted octanol–water partition coefficient (Wildman–Crippen LogP) is 7.47. The zero-order valence-electron chi connectivity index (χ0n) is 43.7. The van der Waals surface area contributed by atoms with Crippen molar-refractivity contribution < 1.29 is 67.2 Å². The summed E-state index contributed by atoms with van der Waals surface area (Å²) >= 11 is 0. The van der Waals surface area contributed by atoms with E-state index in [4.69, 9.17) is 19.0 Å². The van der Waals surface area contributed by atoms with Gasteiger partial charge in [-0.25, -0.2) is 14.4 Å². The third-order valence-electron chi connectivity index (χ3n) is 11.5. The smallest absolute Gasteiger partial charge is 0.366 e. The molecule has 0 heterocycles. The van der Waals surface area contributed by atoms with Crippen molar-refractivity contribution >= 4 is 35.7 Å². The lowest BCUT2D eigenvalue weighted by molar-refractivity contribution is -1.05. The van der Waals surface area contributed by atoms with Crippen molar-refractivity contribution in [2.24, 2.45) is 0 Å². The first-order chi connectivity index (χ1) is 32.3. The third-order valence-corrected chi connectivity index (χ3v) is 11.5. The van der Waals surface area contributed by atoms with Crippen LogP contribution in [0.4, 0.5) is 0 Å². The number of unbranched alkanes of at least 4 members (excludes halogenated alkanes) is 14. The van der Waals surface area contributed by atoms with Crippen LogP contribution in [-0.4, -0.2) is 147 Å². The number of allylic oxidation sites excluding steroid dienone is 2. The van der Waals surface area contributed by atoms with Gasteiger partial charge >= 0.3 is 23.9 Å². The first-order valence-electron chi connectivity index (χ1n) is 25.9. The number of hydroxylamine groups is 3. The molecule has 68 heavy (non-hydrogen) atoms. The fourth-order valence-electron chi connectivity index (χ4n) is 7.57. The van der Waals surface area contributed by atoms with Gasteiger partial charge in [0, 0.05) is 39.8 Å². The Hall–Kier alpha value is -3.86. The van der Waals surface area contributed by atoms with Crippen LogP contribution in [0.3, 0.4) is 0 Å². The molecule has 0 aliphatic heterocycles. The van der Waals surface area contributed by atoms with Crippen LogP contribution in [0.5, 0.6) is 0 Å². The van der Waals surface area contributed by atoms with Gasteiger partial charge in [0.2, 0.25) is 18.4 Å². The summed E-state index contributed by atoms with van der Waals surface area (Å²) in [5, 5.41) is 27.5. The highest BCUT2D eigenvalue weighted by Crippen LogP contribution is 2.18. The molecule has 0 radical (unpaired) electrons. The summed E-state index contributed by atoms with van der Waals surface area (Å²) in [6, 6.07) is 0. The molecular weight excluding hydrogens is 873 g/mol. The van der Waals surface area contributed by atoms with Crippen molar-refractivity contribution in [2.45, 2.75) is 206 Å². The summed E-state index contributed by atoms with van der Waals surface area (Å²) in [7, 11) is 6.95. The molecule has 4 N–H and O–H groups in total. The second kappa shape index (κ2) is 39.9. The number of aliphatic hydroxyl groups excluding tert-OH is 2. The van der Waals surface area contributed by atoms with Crippen molar-refractivity contribution in [3.05, 3.63) is 24.3 Å². The van der Waals surface area contributed by atoms with E-state index in [0.717, 1.165) is 116 Å².